The number of nitrogens with zero attached hydrogens (tertiary/aromatic N) is 4. The number of benzene rings is 2. The predicted octanol–water partition coefficient (Wildman–Crippen LogP) is 3.79. The summed E-state index contributed by atoms with van der Waals surface area (Å²) in [5.41, 5.74) is 3.97. The Bertz CT molecular complexity index is 976. The standard InChI is InChI=1S/C22H23ClN4O/c1-17-5-2-3-6-18(17)16-25-11-13-26(14-12-25)22(28)21-9-10-27(24-21)20-8-4-7-19(23)15-20/h2-10,15H,11-14,16H2,1H3. The summed E-state index contributed by atoms with van der Waals surface area (Å²) >= 11 is 6.05. The van der Waals surface area contributed by atoms with Gasteiger partial charge >= 0.3 is 0 Å². The summed E-state index contributed by atoms with van der Waals surface area (Å²) in [6.45, 7) is 6.25. The largest absolute Gasteiger partial charge is 0.335 e. The summed E-state index contributed by atoms with van der Waals surface area (Å²) in [4.78, 5) is 17.1. The molecule has 0 aliphatic carbocycles. The lowest BCUT2D eigenvalue weighted by Gasteiger charge is -2.34. The van der Waals surface area contributed by atoms with Crippen LogP contribution < -0.4 is 0 Å². The monoisotopic (exact) mass is 394 g/mol. The highest BCUT2D eigenvalue weighted by Gasteiger charge is 2.24. The van der Waals surface area contributed by atoms with E-state index in [9.17, 15) is 4.79 Å². The Morgan fingerprint density at radius 2 is 1.82 bits per heavy atom. The van der Waals surface area contributed by atoms with Gasteiger partial charge in [0.1, 0.15) is 0 Å². The van der Waals surface area contributed by atoms with Gasteiger partial charge in [-0.1, -0.05) is 41.9 Å². The molecule has 5 nitrogen and oxygen atoms in total. The summed E-state index contributed by atoms with van der Waals surface area (Å²) in [6.07, 6.45) is 1.80. The van der Waals surface area contributed by atoms with Gasteiger partial charge in [0.15, 0.2) is 5.69 Å². The number of aromatic nitrogens is 2. The Balaban J connectivity index is 1.37. The lowest BCUT2D eigenvalue weighted by atomic mass is 10.1. The third-order valence-electron chi connectivity index (χ3n) is 5.20. The van der Waals surface area contributed by atoms with E-state index in [1.54, 1.807) is 16.9 Å². The first-order valence-electron chi connectivity index (χ1n) is 9.48. The normalized spacial score (nSPS) is 15.0. The van der Waals surface area contributed by atoms with Crippen LogP contribution in [0, 0.1) is 6.92 Å². The van der Waals surface area contributed by atoms with Crippen LogP contribution in [0.15, 0.2) is 60.8 Å². The van der Waals surface area contributed by atoms with Gasteiger partial charge in [-0.25, -0.2) is 4.68 Å². The maximum absolute atomic E-state index is 12.8. The van der Waals surface area contributed by atoms with Crippen molar-refractivity contribution in [3.05, 3.63) is 82.6 Å². The number of amides is 1. The zero-order valence-electron chi connectivity index (χ0n) is 15.9. The molecule has 1 aromatic heterocycles. The Morgan fingerprint density at radius 3 is 2.57 bits per heavy atom. The second kappa shape index (κ2) is 8.17. The second-order valence-corrected chi connectivity index (χ2v) is 7.56. The minimum atomic E-state index is -0.0173. The summed E-state index contributed by atoms with van der Waals surface area (Å²) in [5, 5.41) is 5.09. The van der Waals surface area contributed by atoms with Crippen LogP contribution in [0.2, 0.25) is 5.02 Å². The van der Waals surface area contributed by atoms with E-state index in [-0.39, 0.29) is 5.91 Å². The van der Waals surface area contributed by atoms with Gasteiger partial charge in [0.25, 0.3) is 5.91 Å². The smallest absolute Gasteiger partial charge is 0.274 e. The third-order valence-corrected chi connectivity index (χ3v) is 5.43. The van der Waals surface area contributed by atoms with Crippen molar-refractivity contribution in [2.75, 3.05) is 26.2 Å². The summed E-state index contributed by atoms with van der Waals surface area (Å²) in [7, 11) is 0. The number of carbonyl (C=O) groups excluding carboxylic acids is 1. The predicted molar refractivity (Wildman–Crippen MR) is 111 cm³/mol. The van der Waals surface area contributed by atoms with Crippen LogP contribution in [0.3, 0.4) is 0 Å². The lowest BCUT2D eigenvalue weighted by molar-refractivity contribution is 0.0622. The quantitative estimate of drug-likeness (QED) is 0.676. The Morgan fingerprint density at radius 1 is 1.04 bits per heavy atom. The molecule has 144 valence electrons. The van der Waals surface area contributed by atoms with Crippen LogP contribution in [0.5, 0.6) is 0 Å². The molecule has 1 aliphatic heterocycles. The Hall–Kier alpha value is -2.63. The molecule has 2 heterocycles. The van der Waals surface area contributed by atoms with Gasteiger partial charge in [0.2, 0.25) is 0 Å². The first kappa shape index (κ1) is 18.7. The van der Waals surface area contributed by atoms with Crippen molar-refractivity contribution in [2.45, 2.75) is 13.5 Å². The van der Waals surface area contributed by atoms with Gasteiger partial charge in [0.05, 0.1) is 5.69 Å². The molecule has 4 rings (SSSR count). The molecule has 28 heavy (non-hydrogen) atoms. The SMILES string of the molecule is Cc1ccccc1CN1CCN(C(=O)c2ccn(-c3cccc(Cl)c3)n2)CC1. The van der Waals surface area contributed by atoms with Crippen LogP contribution in [-0.2, 0) is 6.54 Å². The van der Waals surface area contributed by atoms with Crippen molar-refractivity contribution < 1.29 is 4.79 Å². The van der Waals surface area contributed by atoms with E-state index in [2.05, 4.69) is 41.2 Å². The molecule has 1 amide bonds. The molecule has 1 fully saturated rings. The van der Waals surface area contributed by atoms with Crippen LogP contribution in [0.1, 0.15) is 21.6 Å². The molecule has 0 unspecified atom stereocenters. The van der Waals surface area contributed by atoms with E-state index >= 15 is 0 Å². The third kappa shape index (κ3) is 4.11. The summed E-state index contributed by atoms with van der Waals surface area (Å²) in [6, 6.07) is 17.7. The molecule has 0 radical (unpaired) electrons. The minimum Gasteiger partial charge on any atom is -0.335 e. The second-order valence-electron chi connectivity index (χ2n) is 7.12. The average molecular weight is 395 g/mol. The molecule has 3 aromatic rings. The number of piperazine rings is 1. The van der Waals surface area contributed by atoms with Crippen LogP contribution in [0.4, 0.5) is 0 Å². The Kier molecular flexibility index (Phi) is 5.46. The van der Waals surface area contributed by atoms with Crippen molar-refractivity contribution in [1.82, 2.24) is 19.6 Å². The molecule has 1 saturated heterocycles. The fraction of sp³-hybridized carbons (Fsp3) is 0.273. The van der Waals surface area contributed by atoms with Gasteiger partial charge in [-0.15, -0.1) is 0 Å². The van der Waals surface area contributed by atoms with Crippen LogP contribution >= 0.6 is 11.6 Å². The highest BCUT2D eigenvalue weighted by molar-refractivity contribution is 6.30. The van der Waals surface area contributed by atoms with Crippen molar-refractivity contribution >= 4 is 17.5 Å². The molecule has 0 bridgehead atoms. The number of rotatable bonds is 4. The molecule has 0 atom stereocenters. The summed E-state index contributed by atoms with van der Waals surface area (Å²) in [5.74, 6) is -0.0173. The zero-order valence-corrected chi connectivity index (χ0v) is 16.6. The van der Waals surface area contributed by atoms with E-state index < -0.39 is 0 Å². The maximum Gasteiger partial charge on any atom is 0.274 e. The van der Waals surface area contributed by atoms with E-state index in [4.69, 9.17) is 11.6 Å². The number of hydrogen-bond acceptors (Lipinski definition) is 3. The van der Waals surface area contributed by atoms with E-state index in [0.717, 1.165) is 38.4 Å². The van der Waals surface area contributed by atoms with E-state index in [0.29, 0.717) is 10.7 Å². The molecule has 1 aliphatic rings. The van der Waals surface area contributed by atoms with Crippen LogP contribution in [0.25, 0.3) is 5.69 Å². The number of carbonyl (C=O) groups is 1. The number of aryl methyl sites for hydroxylation is 1. The fourth-order valence-electron chi connectivity index (χ4n) is 3.50. The first-order chi connectivity index (χ1) is 13.6. The summed E-state index contributed by atoms with van der Waals surface area (Å²) < 4.78 is 1.69. The zero-order chi connectivity index (χ0) is 19.5. The van der Waals surface area contributed by atoms with Gasteiger partial charge in [-0.3, -0.25) is 9.69 Å². The Labute approximate surface area is 170 Å². The number of hydrogen-bond donors (Lipinski definition) is 0. The van der Waals surface area contributed by atoms with Gasteiger partial charge in [-0.05, 0) is 42.3 Å². The highest BCUT2D eigenvalue weighted by atomic mass is 35.5. The van der Waals surface area contributed by atoms with Gasteiger partial charge in [0, 0.05) is 43.9 Å². The highest BCUT2D eigenvalue weighted by Crippen LogP contribution is 2.16. The molecule has 0 saturated carbocycles. The van der Waals surface area contributed by atoms with E-state index in [1.165, 1.54) is 11.1 Å². The van der Waals surface area contributed by atoms with Gasteiger partial charge < -0.3 is 4.90 Å². The van der Waals surface area contributed by atoms with Crippen molar-refractivity contribution in [1.29, 1.82) is 0 Å². The molecule has 2 aromatic carbocycles. The molecule has 0 N–H and O–H groups in total. The molecule has 0 spiro atoms. The van der Waals surface area contributed by atoms with E-state index in [1.807, 2.05) is 29.2 Å². The maximum atomic E-state index is 12.8. The molecular formula is C22H23ClN4O. The van der Waals surface area contributed by atoms with Crippen LogP contribution in [-0.4, -0.2) is 51.7 Å². The molecule has 6 heteroatoms. The first-order valence-corrected chi connectivity index (χ1v) is 9.86. The van der Waals surface area contributed by atoms with Crippen molar-refractivity contribution in [3.63, 3.8) is 0 Å². The van der Waals surface area contributed by atoms with Crippen molar-refractivity contribution in [2.24, 2.45) is 0 Å². The number of halogens is 1. The minimum absolute atomic E-state index is 0.0173. The lowest BCUT2D eigenvalue weighted by Crippen LogP contribution is -2.48. The van der Waals surface area contributed by atoms with Gasteiger partial charge in [-0.2, -0.15) is 5.10 Å². The average Bonchev–Trinajstić information content (AvgIpc) is 3.20. The van der Waals surface area contributed by atoms with Crippen molar-refractivity contribution in [3.8, 4) is 5.69 Å². The molecular weight excluding hydrogens is 372 g/mol. The fourth-order valence-corrected chi connectivity index (χ4v) is 3.68. The topological polar surface area (TPSA) is 41.4 Å².